The molecule has 0 radical (unpaired) electrons. The Bertz CT molecular complexity index is 305. The van der Waals surface area contributed by atoms with Crippen LogP contribution in [0, 0.1) is 0 Å². The summed E-state index contributed by atoms with van der Waals surface area (Å²) < 4.78 is 0. The van der Waals surface area contributed by atoms with Crippen LogP contribution in [0.3, 0.4) is 0 Å². The van der Waals surface area contributed by atoms with Gasteiger partial charge in [-0.25, -0.2) is 0 Å². The van der Waals surface area contributed by atoms with Crippen molar-refractivity contribution in [3.8, 4) is 5.75 Å². The minimum absolute atomic E-state index is 0.381. The molecule has 1 aromatic carbocycles. The van der Waals surface area contributed by atoms with Crippen molar-refractivity contribution in [2.75, 3.05) is 6.54 Å². The third-order valence-electron chi connectivity index (χ3n) is 2.70. The lowest BCUT2D eigenvalue weighted by Gasteiger charge is -2.28. The standard InChI is InChI=1S/C11H15NO/c1-2-8-3-4-11(13)9(7-8)10-5-6-12-10/h3-4,7,10,12-13H,2,5-6H2,1H3/t10-/m0/s1. The Morgan fingerprint density at radius 1 is 1.54 bits per heavy atom. The average molecular weight is 177 g/mol. The van der Waals surface area contributed by atoms with Crippen LogP contribution in [-0.4, -0.2) is 11.7 Å². The third-order valence-corrected chi connectivity index (χ3v) is 2.70. The molecule has 1 aromatic rings. The topological polar surface area (TPSA) is 32.3 Å². The van der Waals surface area contributed by atoms with Gasteiger partial charge >= 0.3 is 0 Å². The Hall–Kier alpha value is -1.02. The van der Waals surface area contributed by atoms with Crippen molar-refractivity contribution in [1.82, 2.24) is 5.32 Å². The van der Waals surface area contributed by atoms with E-state index in [9.17, 15) is 5.11 Å². The highest BCUT2D eigenvalue weighted by atomic mass is 16.3. The Kier molecular flexibility index (Phi) is 2.23. The molecule has 2 heteroatoms. The first-order chi connectivity index (χ1) is 6.31. The molecule has 1 fully saturated rings. The Morgan fingerprint density at radius 2 is 2.31 bits per heavy atom. The lowest BCUT2D eigenvalue weighted by atomic mass is 9.95. The Balaban J connectivity index is 2.30. The van der Waals surface area contributed by atoms with Crippen LogP contribution in [0.4, 0.5) is 0 Å². The molecular weight excluding hydrogens is 162 g/mol. The SMILES string of the molecule is CCc1ccc(O)c([C@@H]2CCN2)c1. The number of aryl methyl sites for hydroxylation is 1. The second kappa shape index (κ2) is 3.38. The smallest absolute Gasteiger partial charge is 0.120 e. The molecule has 0 saturated carbocycles. The van der Waals surface area contributed by atoms with Crippen LogP contribution in [0.15, 0.2) is 18.2 Å². The van der Waals surface area contributed by atoms with Crippen LogP contribution >= 0.6 is 0 Å². The normalized spacial score (nSPS) is 21.2. The van der Waals surface area contributed by atoms with E-state index in [1.807, 2.05) is 6.07 Å². The van der Waals surface area contributed by atoms with Crippen LogP contribution in [-0.2, 0) is 6.42 Å². The van der Waals surface area contributed by atoms with Crippen molar-refractivity contribution in [2.45, 2.75) is 25.8 Å². The molecule has 1 saturated heterocycles. The molecule has 1 heterocycles. The number of aromatic hydroxyl groups is 1. The second-order valence-corrected chi connectivity index (χ2v) is 3.54. The van der Waals surface area contributed by atoms with Gasteiger partial charge in [0.25, 0.3) is 0 Å². The fourth-order valence-corrected chi connectivity index (χ4v) is 1.66. The van der Waals surface area contributed by atoms with Crippen LogP contribution in [0.1, 0.15) is 30.5 Å². The van der Waals surface area contributed by atoms with E-state index in [2.05, 4.69) is 18.3 Å². The fraction of sp³-hybridized carbons (Fsp3) is 0.455. The van der Waals surface area contributed by atoms with Gasteiger partial charge in [0.05, 0.1) is 0 Å². The molecule has 0 aromatic heterocycles. The van der Waals surface area contributed by atoms with Gasteiger partial charge in [0, 0.05) is 11.6 Å². The van der Waals surface area contributed by atoms with Crippen LogP contribution in [0.5, 0.6) is 5.75 Å². The van der Waals surface area contributed by atoms with E-state index in [4.69, 9.17) is 0 Å². The highest BCUT2D eigenvalue weighted by Crippen LogP contribution is 2.30. The molecular formula is C11H15NO. The van der Waals surface area contributed by atoms with Crippen molar-refractivity contribution < 1.29 is 5.11 Å². The number of phenols is 1. The van der Waals surface area contributed by atoms with Crippen molar-refractivity contribution in [3.63, 3.8) is 0 Å². The molecule has 2 N–H and O–H groups in total. The Labute approximate surface area is 78.6 Å². The zero-order chi connectivity index (χ0) is 9.26. The zero-order valence-corrected chi connectivity index (χ0v) is 7.88. The summed E-state index contributed by atoms with van der Waals surface area (Å²) in [4.78, 5) is 0. The van der Waals surface area contributed by atoms with Gasteiger partial charge in [-0.2, -0.15) is 0 Å². The van der Waals surface area contributed by atoms with Crippen LogP contribution in [0.2, 0.25) is 0 Å². The highest BCUT2D eigenvalue weighted by Gasteiger charge is 2.21. The summed E-state index contributed by atoms with van der Waals surface area (Å²) in [5.74, 6) is 0.425. The van der Waals surface area contributed by atoms with E-state index in [1.54, 1.807) is 6.07 Å². The number of hydrogen-bond donors (Lipinski definition) is 2. The quantitative estimate of drug-likeness (QED) is 0.724. The van der Waals surface area contributed by atoms with Gasteiger partial charge in [0.2, 0.25) is 0 Å². The summed E-state index contributed by atoms with van der Waals surface area (Å²) in [5.41, 5.74) is 2.35. The molecule has 1 aliphatic heterocycles. The zero-order valence-electron chi connectivity index (χ0n) is 7.88. The molecule has 0 amide bonds. The molecule has 1 aliphatic rings. The minimum Gasteiger partial charge on any atom is -0.508 e. The number of rotatable bonds is 2. The first kappa shape index (κ1) is 8.57. The van der Waals surface area contributed by atoms with Gasteiger partial charge in [0.15, 0.2) is 0 Å². The van der Waals surface area contributed by atoms with Gasteiger partial charge < -0.3 is 10.4 Å². The van der Waals surface area contributed by atoms with Crippen molar-refractivity contribution in [2.24, 2.45) is 0 Å². The molecule has 2 rings (SSSR count). The number of phenolic OH excluding ortho intramolecular Hbond substituents is 1. The monoisotopic (exact) mass is 177 g/mol. The van der Waals surface area contributed by atoms with E-state index in [1.165, 1.54) is 5.56 Å². The van der Waals surface area contributed by atoms with Gasteiger partial charge in [-0.15, -0.1) is 0 Å². The maximum Gasteiger partial charge on any atom is 0.120 e. The van der Waals surface area contributed by atoms with E-state index in [0.29, 0.717) is 11.8 Å². The number of benzene rings is 1. The Morgan fingerprint density at radius 3 is 2.85 bits per heavy atom. The number of nitrogens with one attached hydrogen (secondary N) is 1. The van der Waals surface area contributed by atoms with E-state index in [0.717, 1.165) is 24.9 Å². The molecule has 0 unspecified atom stereocenters. The van der Waals surface area contributed by atoms with Gasteiger partial charge in [-0.1, -0.05) is 19.1 Å². The summed E-state index contributed by atoms with van der Waals surface area (Å²) in [5, 5.41) is 12.9. The summed E-state index contributed by atoms with van der Waals surface area (Å²) in [7, 11) is 0. The molecule has 1 atom stereocenters. The molecule has 70 valence electrons. The summed E-state index contributed by atoms with van der Waals surface area (Å²) >= 11 is 0. The van der Waals surface area contributed by atoms with E-state index >= 15 is 0 Å². The van der Waals surface area contributed by atoms with Gasteiger partial charge in [-0.05, 0) is 31.0 Å². The minimum atomic E-state index is 0.381. The first-order valence-electron chi connectivity index (χ1n) is 4.86. The van der Waals surface area contributed by atoms with Crippen molar-refractivity contribution >= 4 is 0 Å². The first-order valence-corrected chi connectivity index (χ1v) is 4.86. The summed E-state index contributed by atoms with van der Waals surface area (Å²) in [6.45, 7) is 3.20. The van der Waals surface area contributed by atoms with Crippen LogP contribution < -0.4 is 5.32 Å². The number of hydrogen-bond acceptors (Lipinski definition) is 2. The summed E-state index contributed by atoms with van der Waals surface area (Å²) in [6.07, 6.45) is 2.17. The lowest BCUT2D eigenvalue weighted by molar-refractivity contribution is 0.364. The van der Waals surface area contributed by atoms with Crippen LogP contribution in [0.25, 0.3) is 0 Å². The van der Waals surface area contributed by atoms with E-state index < -0.39 is 0 Å². The third kappa shape index (κ3) is 1.54. The predicted molar refractivity (Wildman–Crippen MR) is 52.8 cm³/mol. The fourth-order valence-electron chi connectivity index (χ4n) is 1.66. The molecule has 13 heavy (non-hydrogen) atoms. The second-order valence-electron chi connectivity index (χ2n) is 3.54. The highest BCUT2D eigenvalue weighted by molar-refractivity contribution is 5.39. The average Bonchev–Trinajstić information content (AvgIpc) is 2.06. The van der Waals surface area contributed by atoms with Crippen molar-refractivity contribution in [3.05, 3.63) is 29.3 Å². The van der Waals surface area contributed by atoms with Gasteiger partial charge in [-0.3, -0.25) is 0 Å². The largest absolute Gasteiger partial charge is 0.508 e. The summed E-state index contributed by atoms with van der Waals surface area (Å²) in [6, 6.07) is 6.27. The molecule has 0 aliphatic carbocycles. The lowest BCUT2D eigenvalue weighted by Crippen LogP contribution is -2.34. The van der Waals surface area contributed by atoms with Crippen molar-refractivity contribution in [1.29, 1.82) is 0 Å². The molecule has 2 nitrogen and oxygen atoms in total. The van der Waals surface area contributed by atoms with Gasteiger partial charge in [0.1, 0.15) is 5.75 Å². The molecule has 0 bridgehead atoms. The molecule has 0 spiro atoms. The maximum atomic E-state index is 9.63. The predicted octanol–water partition coefficient (Wildman–Crippen LogP) is 1.99. The maximum absolute atomic E-state index is 9.63. The van der Waals surface area contributed by atoms with E-state index in [-0.39, 0.29) is 0 Å².